The minimum absolute atomic E-state index is 0.0333. The van der Waals surface area contributed by atoms with Crippen LogP contribution in [0.5, 0.6) is 0 Å². The van der Waals surface area contributed by atoms with E-state index in [1.165, 1.54) is 90.4 Å². The van der Waals surface area contributed by atoms with E-state index in [1.54, 1.807) is 28.1 Å². The fourth-order valence-corrected chi connectivity index (χ4v) is 16.4. The van der Waals surface area contributed by atoms with E-state index in [2.05, 4.69) is 153 Å². The molecule has 10 unspecified atom stereocenters. The first kappa shape index (κ1) is 39.4. The number of aromatic nitrogens is 2. The molecule has 0 spiro atoms. The molecule has 5 heteroatoms. The largest absolute Gasteiger partial charge is 0.351 e. The van der Waals surface area contributed by atoms with Crippen LogP contribution in [0.15, 0.2) is 127 Å². The lowest BCUT2D eigenvalue weighted by atomic mass is 9.74. The van der Waals surface area contributed by atoms with Crippen LogP contribution in [0.2, 0.25) is 0 Å². The molecule has 2 aromatic carbocycles. The minimum Gasteiger partial charge on any atom is -0.351 e. The van der Waals surface area contributed by atoms with E-state index in [-0.39, 0.29) is 30.1 Å². The maximum Gasteiger partial charge on any atom is 0.0856 e. The van der Waals surface area contributed by atoms with Crippen molar-refractivity contribution in [2.75, 3.05) is 0 Å². The molecular formula is C59H62N4S. The van der Waals surface area contributed by atoms with Crippen molar-refractivity contribution >= 4 is 28.7 Å². The Labute approximate surface area is 384 Å². The van der Waals surface area contributed by atoms with Crippen molar-refractivity contribution in [1.82, 2.24) is 14.0 Å². The first-order valence-electron chi connectivity index (χ1n) is 25.3. The molecular weight excluding hydrogens is 797 g/mol. The number of aryl methyl sites for hydroxylation is 1. The molecule has 4 heterocycles. The maximum absolute atomic E-state index is 11.6. The van der Waals surface area contributed by atoms with Gasteiger partial charge in [-0.2, -0.15) is 17.0 Å². The normalized spacial score (nSPS) is 32.4. The number of hydrogen-bond acceptors (Lipinski definition) is 3. The van der Waals surface area contributed by atoms with Crippen molar-refractivity contribution in [1.29, 1.82) is 5.26 Å². The number of para-hydroxylation sites is 1. The molecule has 13 rings (SSSR count). The molecule has 10 atom stereocenters. The Morgan fingerprint density at radius 2 is 1.58 bits per heavy atom. The number of hydrogen-bond donors (Lipinski definition) is 0. The molecule has 7 aliphatic carbocycles. The van der Waals surface area contributed by atoms with E-state index in [1.807, 2.05) is 0 Å². The van der Waals surface area contributed by atoms with Crippen LogP contribution < -0.4 is 0 Å². The van der Waals surface area contributed by atoms with Crippen molar-refractivity contribution in [2.45, 2.75) is 149 Å². The van der Waals surface area contributed by atoms with Gasteiger partial charge in [0.05, 0.1) is 36.2 Å². The van der Waals surface area contributed by atoms with Gasteiger partial charge in [-0.25, -0.2) is 0 Å². The SMILES string of the molecule is N#CC1C=C(C2C=CC(c3cccc(C4CC=CCC4)c3)N2C2=CCCC=C2)C(n2c3c(c4ccccc42)CCC2SC4CCC=CC4C32)CC1n1c2c(c3c1CCCC3)CCC=C2. The second-order valence-electron chi connectivity index (χ2n) is 20.5. The highest BCUT2D eigenvalue weighted by molar-refractivity contribution is 8.00. The van der Waals surface area contributed by atoms with Gasteiger partial charge in [0.2, 0.25) is 0 Å². The molecule has 64 heavy (non-hydrogen) atoms. The van der Waals surface area contributed by atoms with Gasteiger partial charge < -0.3 is 14.0 Å². The summed E-state index contributed by atoms with van der Waals surface area (Å²) >= 11 is 2.32. The van der Waals surface area contributed by atoms with Crippen LogP contribution in [-0.4, -0.2) is 30.6 Å². The third kappa shape index (κ3) is 6.28. The van der Waals surface area contributed by atoms with Crippen molar-refractivity contribution in [3.8, 4) is 6.07 Å². The molecule has 0 bridgehead atoms. The van der Waals surface area contributed by atoms with Crippen LogP contribution in [-0.2, 0) is 25.7 Å². The van der Waals surface area contributed by atoms with E-state index in [0.717, 1.165) is 51.4 Å². The van der Waals surface area contributed by atoms with E-state index < -0.39 is 0 Å². The predicted octanol–water partition coefficient (Wildman–Crippen LogP) is 14.1. The molecule has 324 valence electrons. The Morgan fingerprint density at radius 1 is 0.688 bits per heavy atom. The summed E-state index contributed by atoms with van der Waals surface area (Å²) in [5.74, 6) is 1.44. The number of fused-ring (bicyclic) bond motifs is 10. The number of nitriles is 1. The first-order chi connectivity index (χ1) is 31.7. The second-order valence-corrected chi connectivity index (χ2v) is 22.0. The Kier molecular flexibility index (Phi) is 9.98. The molecule has 1 fully saturated rings. The van der Waals surface area contributed by atoms with Crippen molar-refractivity contribution < 1.29 is 0 Å². The number of thioether (sulfide) groups is 1. The molecule has 1 saturated heterocycles. The summed E-state index contributed by atoms with van der Waals surface area (Å²) in [4.78, 5) is 2.76. The summed E-state index contributed by atoms with van der Waals surface area (Å²) in [6, 6.07) is 22.4. The van der Waals surface area contributed by atoms with Crippen LogP contribution in [0.4, 0.5) is 0 Å². The van der Waals surface area contributed by atoms with Crippen LogP contribution in [0, 0.1) is 23.2 Å². The average Bonchev–Trinajstić information content (AvgIpc) is 4.14. The molecule has 4 nitrogen and oxygen atoms in total. The lowest BCUT2D eigenvalue weighted by Crippen LogP contribution is -2.40. The van der Waals surface area contributed by atoms with Gasteiger partial charge in [-0.15, -0.1) is 0 Å². The molecule has 2 aliphatic heterocycles. The Bertz CT molecular complexity index is 2770. The summed E-state index contributed by atoms with van der Waals surface area (Å²) in [6.07, 6.45) is 48.3. The minimum atomic E-state index is -0.227. The maximum atomic E-state index is 11.6. The highest BCUT2D eigenvalue weighted by Gasteiger charge is 2.51. The first-order valence-corrected chi connectivity index (χ1v) is 26.2. The third-order valence-electron chi connectivity index (χ3n) is 17.2. The molecule has 0 radical (unpaired) electrons. The summed E-state index contributed by atoms with van der Waals surface area (Å²) in [5, 5.41) is 14.4. The lowest BCUT2D eigenvalue weighted by Gasteiger charge is -2.44. The van der Waals surface area contributed by atoms with Crippen molar-refractivity contribution in [2.24, 2.45) is 11.8 Å². The van der Waals surface area contributed by atoms with Crippen LogP contribution in [0.1, 0.15) is 152 Å². The third-order valence-corrected chi connectivity index (χ3v) is 19.0. The van der Waals surface area contributed by atoms with Gasteiger partial charge in [0.15, 0.2) is 0 Å². The lowest BCUT2D eigenvalue weighted by molar-refractivity contribution is 0.256. The van der Waals surface area contributed by atoms with E-state index in [4.69, 9.17) is 0 Å². The molecule has 2 aromatic heterocycles. The highest BCUT2D eigenvalue weighted by Crippen LogP contribution is 2.59. The predicted molar refractivity (Wildman–Crippen MR) is 264 cm³/mol. The summed E-state index contributed by atoms with van der Waals surface area (Å²) in [7, 11) is 0. The summed E-state index contributed by atoms with van der Waals surface area (Å²) in [5.41, 5.74) is 16.4. The van der Waals surface area contributed by atoms with Gasteiger partial charge in [-0.1, -0.05) is 103 Å². The fraction of sp³-hybridized carbons (Fsp3) is 0.441. The Morgan fingerprint density at radius 3 is 2.48 bits per heavy atom. The van der Waals surface area contributed by atoms with Crippen LogP contribution in [0.25, 0.3) is 17.0 Å². The standard InChI is InChI=1S/C59H62N4S/c60-37-41-35-48(53-32-31-49(61(53)42-20-5-2-6-21-42)40-19-15-18-39(34-40)38-16-3-1-4-17-38)55(36-54(41)62-50-26-11-7-22-43(50)44-23-8-12-27-51(44)62)63-52-28-13-9-24-45(52)46-30-33-57-58(59(46)63)47-25-10-14-29-56(47)64-57/h1,3,5,9-11,13,15,18-21,24-26,28,31-32,34-35,38,41,47,49,53-58H,2,4,6-8,12,14,16-17,22-23,27,29-30,33,36H2. The molecule has 0 saturated carbocycles. The van der Waals surface area contributed by atoms with E-state index in [9.17, 15) is 5.26 Å². The quantitative estimate of drug-likeness (QED) is 0.181. The average molecular weight is 859 g/mol. The zero-order valence-electron chi connectivity index (χ0n) is 37.3. The van der Waals surface area contributed by atoms with Gasteiger partial charge in [0, 0.05) is 50.1 Å². The van der Waals surface area contributed by atoms with Gasteiger partial charge in [0.1, 0.15) is 0 Å². The zero-order valence-corrected chi connectivity index (χ0v) is 38.1. The fourth-order valence-electron chi connectivity index (χ4n) is 14.5. The monoisotopic (exact) mass is 858 g/mol. The van der Waals surface area contributed by atoms with Crippen molar-refractivity contribution in [3.63, 3.8) is 0 Å². The van der Waals surface area contributed by atoms with E-state index in [0.29, 0.717) is 28.3 Å². The highest BCUT2D eigenvalue weighted by atomic mass is 32.2. The van der Waals surface area contributed by atoms with Crippen LogP contribution in [0.3, 0.4) is 0 Å². The topological polar surface area (TPSA) is 36.9 Å². The number of nitrogens with zero attached hydrogens (tertiary/aromatic N) is 4. The summed E-state index contributed by atoms with van der Waals surface area (Å²) in [6.45, 7) is 0. The Balaban J connectivity index is 1.01. The number of rotatable bonds is 6. The zero-order chi connectivity index (χ0) is 42.3. The van der Waals surface area contributed by atoms with Crippen LogP contribution >= 0.6 is 11.8 Å². The van der Waals surface area contributed by atoms with Gasteiger partial charge in [0.25, 0.3) is 0 Å². The molecule has 0 N–H and O–H groups in total. The Hall–Kier alpha value is -4.92. The van der Waals surface area contributed by atoms with E-state index >= 15 is 0 Å². The molecule has 9 aliphatic rings. The summed E-state index contributed by atoms with van der Waals surface area (Å²) < 4.78 is 5.68. The number of allylic oxidation sites excluding steroid dienone is 9. The molecule has 0 amide bonds. The second kappa shape index (κ2) is 16.2. The molecule has 4 aromatic rings. The smallest absolute Gasteiger partial charge is 0.0856 e. The van der Waals surface area contributed by atoms with Gasteiger partial charge >= 0.3 is 0 Å². The van der Waals surface area contributed by atoms with Crippen molar-refractivity contribution in [3.05, 3.63) is 172 Å². The van der Waals surface area contributed by atoms with Gasteiger partial charge in [-0.3, -0.25) is 0 Å². The van der Waals surface area contributed by atoms with Gasteiger partial charge in [-0.05, 0) is 166 Å². The number of benzene rings is 2.